The molecule has 0 spiro atoms. The minimum atomic E-state index is -0.0780. The summed E-state index contributed by atoms with van der Waals surface area (Å²) in [6, 6.07) is 31.5. The molecular formula is C34H40N6. The molecular weight excluding hydrogens is 492 g/mol. The maximum atomic E-state index is 5.86. The number of likely N-dealkylation sites (N-methyl/N-ethyl adjacent to an activating group) is 1. The normalized spacial score (nSPS) is 12.5. The van der Waals surface area contributed by atoms with E-state index in [0.29, 0.717) is 6.54 Å². The third kappa shape index (κ3) is 6.24. The van der Waals surface area contributed by atoms with Crippen LogP contribution >= 0.6 is 0 Å². The van der Waals surface area contributed by atoms with Gasteiger partial charge < -0.3 is 22.5 Å². The zero-order chi connectivity index (χ0) is 28.7. The van der Waals surface area contributed by atoms with Crippen molar-refractivity contribution in [2.24, 2.45) is 22.2 Å². The summed E-state index contributed by atoms with van der Waals surface area (Å²) in [5, 5.41) is 9.11. The van der Waals surface area contributed by atoms with Crippen LogP contribution in [0.3, 0.4) is 0 Å². The van der Waals surface area contributed by atoms with Gasteiger partial charge in [-0.05, 0) is 94.2 Å². The number of nitrogens with one attached hydrogen (secondary N) is 2. The highest BCUT2D eigenvalue weighted by atomic mass is 15.0. The number of benzene rings is 4. The van der Waals surface area contributed by atoms with E-state index in [0.717, 1.165) is 25.7 Å². The van der Waals surface area contributed by atoms with Crippen molar-refractivity contribution in [2.45, 2.75) is 32.1 Å². The molecule has 0 amide bonds. The van der Waals surface area contributed by atoms with Crippen molar-refractivity contribution < 1.29 is 0 Å². The fourth-order valence-electron chi connectivity index (χ4n) is 5.49. The predicted molar refractivity (Wildman–Crippen MR) is 170 cm³/mol. The molecule has 4 aromatic rings. The third-order valence-electron chi connectivity index (χ3n) is 7.56. The van der Waals surface area contributed by atoms with Crippen molar-refractivity contribution in [1.82, 2.24) is 5.32 Å². The maximum Gasteiger partial charge on any atom is 0.185 e. The van der Waals surface area contributed by atoms with Crippen LogP contribution in [0.5, 0.6) is 0 Å². The van der Waals surface area contributed by atoms with Crippen molar-refractivity contribution >= 4 is 12.3 Å². The molecule has 1 aliphatic rings. The van der Waals surface area contributed by atoms with Crippen LogP contribution in [0.4, 0.5) is 0 Å². The molecule has 0 fully saturated rings. The van der Waals surface area contributed by atoms with Gasteiger partial charge in [0.1, 0.15) is 0 Å². The quantitative estimate of drug-likeness (QED) is 0.153. The van der Waals surface area contributed by atoms with Crippen molar-refractivity contribution in [3.63, 3.8) is 0 Å². The molecule has 4 aromatic carbocycles. The second-order valence-corrected chi connectivity index (χ2v) is 10.6. The summed E-state index contributed by atoms with van der Waals surface area (Å²) in [6.07, 6.45) is 2.59. The van der Waals surface area contributed by atoms with Crippen LogP contribution < -0.4 is 22.5 Å². The van der Waals surface area contributed by atoms with E-state index in [9.17, 15) is 0 Å². The lowest BCUT2D eigenvalue weighted by molar-refractivity contribution is 0.661. The van der Waals surface area contributed by atoms with Gasteiger partial charge >= 0.3 is 0 Å². The van der Waals surface area contributed by atoms with E-state index in [2.05, 4.69) is 115 Å². The Hall–Kier alpha value is -4.42. The Morgan fingerprint density at radius 2 is 1.25 bits per heavy atom. The minimum absolute atomic E-state index is 0.0780. The lowest BCUT2D eigenvalue weighted by atomic mass is 9.80. The second-order valence-electron chi connectivity index (χ2n) is 10.6. The van der Waals surface area contributed by atoms with E-state index in [1.807, 2.05) is 7.05 Å². The van der Waals surface area contributed by atoms with E-state index in [-0.39, 0.29) is 11.4 Å². The zero-order valence-corrected chi connectivity index (χ0v) is 23.7. The molecule has 5 rings (SSSR count). The van der Waals surface area contributed by atoms with Crippen LogP contribution in [0, 0.1) is 5.41 Å². The van der Waals surface area contributed by atoms with E-state index >= 15 is 0 Å². The molecule has 6 nitrogen and oxygen atoms in total. The van der Waals surface area contributed by atoms with Gasteiger partial charge in [-0.25, -0.2) is 0 Å². The fourth-order valence-corrected chi connectivity index (χ4v) is 5.49. The summed E-state index contributed by atoms with van der Waals surface area (Å²) >= 11 is 0. The lowest BCUT2D eigenvalue weighted by Crippen LogP contribution is -2.23. The first-order valence-electron chi connectivity index (χ1n) is 13.7. The number of guanidine groups is 1. The van der Waals surface area contributed by atoms with Gasteiger partial charge in [-0.3, -0.25) is 10.4 Å². The molecule has 0 aliphatic heterocycles. The average molecular weight is 533 g/mol. The first-order valence-corrected chi connectivity index (χ1v) is 13.7. The third-order valence-corrected chi connectivity index (χ3v) is 7.56. The van der Waals surface area contributed by atoms with E-state index in [1.165, 1.54) is 55.6 Å². The van der Waals surface area contributed by atoms with Crippen molar-refractivity contribution in [3.8, 4) is 33.4 Å². The Balaban J connectivity index is 0.00000118. The highest BCUT2D eigenvalue weighted by molar-refractivity contribution is 5.86. The standard InChI is InChI=1S/C33H36N4.CH4N2/c1-33(2)30-20-26(24-8-4-6-22(18-24)14-16-36-3)10-12-28(30)29-13-11-27(21-31(29)33)25-9-5-7-23(19-25)15-17-37-32(34)35;2-1-3/h4-13,18-21,36H,14-17H2,1-3H3,(H4,34,35,37);1H,(H3,2,3). The van der Waals surface area contributed by atoms with E-state index in [4.69, 9.17) is 16.9 Å². The Kier molecular flexibility index (Phi) is 9.02. The van der Waals surface area contributed by atoms with Crippen LogP contribution in [-0.2, 0) is 18.3 Å². The Morgan fingerprint density at radius 3 is 1.73 bits per heavy atom. The summed E-state index contributed by atoms with van der Waals surface area (Å²) < 4.78 is 0. The molecule has 0 atom stereocenters. The van der Waals surface area contributed by atoms with Crippen LogP contribution in [-0.4, -0.2) is 32.4 Å². The largest absolute Gasteiger partial charge is 0.390 e. The number of aliphatic imine (C=N–C) groups is 1. The summed E-state index contributed by atoms with van der Waals surface area (Å²) in [4.78, 5) is 4.13. The molecule has 0 radical (unpaired) electrons. The zero-order valence-electron chi connectivity index (χ0n) is 23.7. The van der Waals surface area contributed by atoms with Gasteiger partial charge in [0.15, 0.2) is 5.96 Å². The van der Waals surface area contributed by atoms with Crippen molar-refractivity contribution in [1.29, 1.82) is 5.41 Å². The molecule has 0 saturated heterocycles. The topological polar surface area (TPSA) is 126 Å². The Bertz CT molecular complexity index is 1510. The first-order chi connectivity index (χ1) is 19.3. The van der Waals surface area contributed by atoms with Crippen LogP contribution in [0.15, 0.2) is 89.9 Å². The number of nitrogens with two attached hydrogens (primary N) is 3. The summed E-state index contributed by atoms with van der Waals surface area (Å²) in [5.74, 6) is 0.140. The van der Waals surface area contributed by atoms with Gasteiger partial charge in [0, 0.05) is 12.0 Å². The average Bonchev–Trinajstić information content (AvgIpc) is 3.18. The predicted octanol–water partition coefficient (Wildman–Crippen LogP) is 5.46. The molecule has 0 aromatic heterocycles. The molecule has 1 aliphatic carbocycles. The van der Waals surface area contributed by atoms with Crippen LogP contribution in [0.1, 0.15) is 36.1 Å². The molecule has 40 heavy (non-hydrogen) atoms. The number of nitrogens with zero attached hydrogens (tertiary/aromatic N) is 1. The molecule has 8 N–H and O–H groups in total. The summed E-state index contributed by atoms with van der Waals surface area (Å²) in [7, 11) is 2.00. The SMILES string of the molecule is CNCCc1cccc(-c2ccc3c(c2)C(C)(C)c2cc(-c4cccc(CCN=C(N)N)c4)ccc2-3)c1.N=CN. The van der Waals surface area contributed by atoms with Gasteiger partial charge in [0.2, 0.25) is 0 Å². The molecule has 206 valence electrons. The van der Waals surface area contributed by atoms with Gasteiger partial charge in [-0.2, -0.15) is 0 Å². The number of hydrogen-bond acceptors (Lipinski definition) is 3. The van der Waals surface area contributed by atoms with Crippen molar-refractivity contribution in [2.75, 3.05) is 20.1 Å². The smallest absolute Gasteiger partial charge is 0.185 e. The van der Waals surface area contributed by atoms with E-state index in [1.54, 1.807) is 0 Å². The fraction of sp³-hybridized carbons (Fsp3) is 0.235. The lowest BCUT2D eigenvalue weighted by Gasteiger charge is -2.23. The highest BCUT2D eigenvalue weighted by Crippen LogP contribution is 2.50. The monoisotopic (exact) mass is 532 g/mol. The molecule has 6 heteroatoms. The number of rotatable bonds is 8. The van der Waals surface area contributed by atoms with Crippen LogP contribution in [0.25, 0.3) is 33.4 Å². The maximum absolute atomic E-state index is 5.86. The van der Waals surface area contributed by atoms with Crippen molar-refractivity contribution in [3.05, 3.63) is 107 Å². The summed E-state index contributed by atoms with van der Waals surface area (Å²) in [5.41, 5.74) is 28.3. The van der Waals surface area contributed by atoms with Crippen LogP contribution in [0.2, 0.25) is 0 Å². The summed E-state index contributed by atoms with van der Waals surface area (Å²) in [6.45, 7) is 6.27. The molecule has 0 saturated carbocycles. The number of fused-ring (bicyclic) bond motifs is 3. The highest BCUT2D eigenvalue weighted by Gasteiger charge is 2.35. The molecule has 0 heterocycles. The van der Waals surface area contributed by atoms with Gasteiger partial charge in [0.25, 0.3) is 0 Å². The number of hydrogen-bond donors (Lipinski definition) is 5. The molecule has 0 unspecified atom stereocenters. The van der Waals surface area contributed by atoms with E-state index < -0.39 is 0 Å². The van der Waals surface area contributed by atoms with Gasteiger partial charge in [-0.15, -0.1) is 0 Å². The Labute approximate surface area is 237 Å². The first kappa shape index (κ1) is 28.6. The Morgan fingerprint density at radius 1 is 0.775 bits per heavy atom. The van der Waals surface area contributed by atoms with Gasteiger partial charge in [0.05, 0.1) is 6.34 Å². The second kappa shape index (κ2) is 12.6. The van der Waals surface area contributed by atoms with Gasteiger partial charge in [-0.1, -0.05) is 86.6 Å². The molecule has 0 bridgehead atoms. The minimum Gasteiger partial charge on any atom is -0.390 e.